The summed E-state index contributed by atoms with van der Waals surface area (Å²) in [5, 5.41) is 3.81. The predicted octanol–water partition coefficient (Wildman–Crippen LogP) is 3.49. The molecule has 0 saturated heterocycles. The SMILES string of the molecule is CCCc1[nH]n(-c2nc3ccccc3s2)c(=O)c1Br. The van der Waals surface area contributed by atoms with E-state index in [9.17, 15) is 4.79 Å². The summed E-state index contributed by atoms with van der Waals surface area (Å²) in [4.78, 5) is 16.7. The highest BCUT2D eigenvalue weighted by molar-refractivity contribution is 9.10. The Kier molecular flexibility index (Phi) is 3.28. The second-order valence-electron chi connectivity index (χ2n) is 4.26. The van der Waals surface area contributed by atoms with Crippen LogP contribution >= 0.6 is 27.3 Å². The van der Waals surface area contributed by atoms with E-state index in [-0.39, 0.29) is 5.56 Å². The van der Waals surface area contributed by atoms with Crippen LogP contribution < -0.4 is 5.56 Å². The van der Waals surface area contributed by atoms with Crippen LogP contribution in [0.1, 0.15) is 19.0 Å². The van der Waals surface area contributed by atoms with Gasteiger partial charge in [0.25, 0.3) is 5.56 Å². The van der Waals surface area contributed by atoms with Gasteiger partial charge in [0.05, 0.1) is 15.9 Å². The van der Waals surface area contributed by atoms with Crippen molar-refractivity contribution < 1.29 is 0 Å². The van der Waals surface area contributed by atoms with E-state index in [1.807, 2.05) is 24.3 Å². The van der Waals surface area contributed by atoms with Crippen molar-refractivity contribution >= 4 is 37.5 Å². The number of aromatic amines is 1. The van der Waals surface area contributed by atoms with E-state index in [1.54, 1.807) is 0 Å². The lowest BCUT2D eigenvalue weighted by atomic mass is 10.3. The fourth-order valence-electron chi connectivity index (χ4n) is 1.97. The molecular formula is C13H12BrN3OS. The van der Waals surface area contributed by atoms with Crippen LogP contribution in [0.4, 0.5) is 0 Å². The molecule has 0 fully saturated rings. The Bertz CT molecular complexity index is 754. The van der Waals surface area contributed by atoms with Gasteiger partial charge in [-0.25, -0.2) is 4.98 Å². The molecule has 0 spiro atoms. The normalized spacial score (nSPS) is 11.3. The number of aryl methyl sites for hydroxylation is 1. The number of hydrogen-bond donors (Lipinski definition) is 1. The molecule has 1 N–H and O–H groups in total. The highest BCUT2D eigenvalue weighted by Gasteiger charge is 2.14. The summed E-state index contributed by atoms with van der Waals surface area (Å²) in [6.45, 7) is 2.08. The third kappa shape index (κ3) is 2.15. The fraction of sp³-hybridized carbons (Fsp3) is 0.231. The molecule has 0 unspecified atom stereocenters. The number of fused-ring (bicyclic) bond motifs is 1. The summed E-state index contributed by atoms with van der Waals surface area (Å²) < 4.78 is 3.19. The number of benzene rings is 1. The first-order valence-electron chi connectivity index (χ1n) is 6.06. The largest absolute Gasteiger partial charge is 0.292 e. The van der Waals surface area contributed by atoms with E-state index in [1.165, 1.54) is 16.0 Å². The maximum atomic E-state index is 12.2. The first-order chi connectivity index (χ1) is 9.20. The van der Waals surface area contributed by atoms with E-state index in [0.29, 0.717) is 9.60 Å². The highest BCUT2D eigenvalue weighted by atomic mass is 79.9. The number of H-pyrrole nitrogens is 1. The average molecular weight is 338 g/mol. The quantitative estimate of drug-likeness (QED) is 0.795. The molecule has 0 aliphatic heterocycles. The van der Waals surface area contributed by atoms with Crippen LogP contribution in [-0.4, -0.2) is 14.8 Å². The van der Waals surface area contributed by atoms with Gasteiger partial charge < -0.3 is 0 Å². The van der Waals surface area contributed by atoms with E-state index >= 15 is 0 Å². The Morgan fingerprint density at radius 2 is 2.21 bits per heavy atom. The average Bonchev–Trinajstić information content (AvgIpc) is 2.95. The van der Waals surface area contributed by atoms with Gasteiger partial charge in [0.1, 0.15) is 4.47 Å². The van der Waals surface area contributed by atoms with E-state index < -0.39 is 0 Å². The van der Waals surface area contributed by atoms with Gasteiger partial charge >= 0.3 is 0 Å². The minimum absolute atomic E-state index is 0.0810. The number of rotatable bonds is 3. The van der Waals surface area contributed by atoms with Gasteiger partial charge in [-0.1, -0.05) is 36.8 Å². The van der Waals surface area contributed by atoms with Gasteiger partial charge in [0.15, 0.2) is 0 Å². The Hall–Kier alpha value is -1.40. The molecule has 1 aromatic carbocycles. The van der Waals surface area contributed by atoms with E-state index in [4.69, 9.17) is 0 Å². The van der Waals surface area contributed by atoms with Crippen molar-refractivity contribution in [1.82, 2.24) is 14.8 Å². The van der Waals surface area contributed by atoms with Gasteiger partial charge in [-0.05, 0) is 34.5 Å². The second kappa shape index (κ2) is 4.94. The minimum atomic E-state index is -0.0810. The lowest BCUT2D eigenvalue weighted by Crippen LogP contribution is -2.14. The number of nitrogens with one attached hydrogen (secondary N) is 1. The van der Waals surface area contributed by atoms with Gasteiger partial charge in [0.2, 0.25) is 5.13 Å². The monoisotopic (exact) mass is 337 g/mol. The lowest BCUT2D eigenvalue weighted by molar-refractivity contribution is 0.790. The molecule has 0 bridgehead atoms. The van der Waals surface area contributed by atoms with Crippen molar-refractivity contribution in [3.8, 4) is 5.13 Å². The number of halogens is 1. The minimum Gasteiger partial charge on any atom is -0.292 e. The summed E-state index contributed by atoms with van der Waals surface area (Å²) >= 11 is 4.86. The summed E-state index contributed by atoms with van der Waals surface area (Å²) in [6, 6.07) is 7.87. The summed E-state index contributed by atoms with van der Waals surface area (Å²) in [5.41, 5.74) is 1.76. The van der Waals surface area contributed by atoms with Crippen LogP contribution in [-0.2, 0) is 6.42 Å². The van der Waals surface area contributed by atoms with E-state index in [2.05, 4.69) is 32.9 Å². The van der Waals surface area contributed by atoms with E-state index in [0.717, 1.165) is 28.8 Å². The Morgan fingerprint density at radius 1 is 1.42 bits per heavy atom. The van der Waals surface area contributed by atoms with Crippen molar-refractivity contribution in [3.63, 3.8) is 0 Å². The van der Waals surface area contributed by atoms with Crippen molar-refractivity contribution in [2.75, 3.05) is 0 Å². The molecule has 98 valence electrons. The molecule has 2 aromatic heterocycles. The standard InChI is InChI=1S/C13H12BrN3OS/c1-2-5-9-11(14)12(18)17(16-9)13-15-8-6-3-4-7-10(8)19-13/h3-4,6-7,16H,2,5H2,1H3. The zero-order valence-corrected chi connectivity index (χ0v) is 12.7. The molecule has 0 radical (unpaired) electrons. The number of aromatic nitrogens is 3. The van der Waals surface area contributed by atoms with Crippen LogP contribution in [0, 0.1) is 0 Å². The topological polar surface area (TPSA) is 50.7 Å². The molecule has 0 aliphatic carbocycles. The van der Waals surface area contributed by atoms with Crippen LogP contribution in [0.3, 0.4) is 0 Å². The lowest BCUT2D eigenvalue weighted by Gasteiger charge is -1.95. The first-order valence-corrected chi connectivity index (χ1v) is 7.67. The smallest absolute Gasteiger partial charge is 0.287 e. The molecule has 4 nitrogen and oxygen atoms in total. The van der Waals surface area contributed by atoms with Gasteiger partial charge in [-0.2, -0.15) is 4.68 Å². The highest BCUT2D eigenvalue weighted by Crippen LogP contribution is 2.24. The second-order valence-corrected chi connectivity index (χ2v) is 6.06. The fourth-order valence-corrected chi connectivity index (χ4v) is 3.36. The predicted molar refractivity (Wildman–Crippen MR) is 81.3 cm³/mol. The Balaban J connectivity index is 2.16. The third-order valence-corrected chi connectivity index (χ3v) is 4.72. The molecular weight excluding hydrogens is 326 g/mol. The molecule has 0 atom stereocenters. The maximum absolute atomic E-state index is 12.2. The van der Waals surface area contributed by atoms with Crippen molar-refractivity contribution in [3.05, 3.63) is 44.8 Å². The maximum Gasteiger partial charge on any atom is 0.287 e. The third-order valence-electron chi connectivity index (χ3n) is 2.88. The summed E-state index contributed by atoms with van der Waals surface area (Å²) in [6.07, 6.45) is 1.83. The molecule has 0 amide bonds. The van der Waals surface area contributed by atoms with Crippen molar-refractivity contribution in [1.29, 1.82) is 0 Å². The number of nitrogens with zero attached hydrogens (tertiary/aromatic N) is 2. The van der Waals surface area contributed by atoms with Crippen LogP contribution in [0.25, 0.3) is 15.3 Å². The summed E-state index contributed by atoms with van der Waals surface area (Å²) in [7, 11) is 0. The number of para-hydroxylation sites is 1. The zero-order chi connectivity index (χ0) is 13.4. The van der Waals surface area contributed by atoms with Gasteiger partial charge in [0, 0.05) is 0 Å². The number of thiazole rings is 1. The van der Waals surface area contributed by atoms with Crippen LogP contribution in [0.5, 0.6) is 0 Å². The van der Waals surface area contributed by atoms with Gasteiger partial charge in [-0.3, -0.25) is 9.89 Å². The molecule has 3 aromatic rings. The molecule has 0 saturated carbocycles. The number of hydrogen-bond acceptors (Lipinski definition) is 3. The zero-order valence-electron chi connectivity index (χ0n) is 10.3. The summed E-state index contributed by atoms with van der Waals surface area (Å²) in [5.74, 6) is 0. The van der Waals surface area contributed by atoms with Gasteiger partial charge in [-0.15, -0.1) is 0 Å². The molecule has 6 heteroatoms. The molecule has 0 aliphatic rings. The molecule has 2 heterocycles. The Morgan fingerprint density at radius 3 is 2.95 bits per heavy atom. The van der Waals surface area contributed by atoms with Crippen molar-refractivity contribution in [2.24, 2.45) is 0 Å². The Labute approximate surface area is 122 Å². The first kappa shape index (κ1) is 12.6. The van der Waals surface area contributed by atoms with Crippen LogP contribution in [0.15, 0.2) is 33.5 Å². The molecule has 19 heavy (non-hydrogen) atoms. The van der Waals surface area contributed by atoms with Crippen LogP contribution in [0.2, 0.25) is 0 Å². The van der Waals surface area contributed by atoms with Crippen molar-refractivity contribution in [2.45, 2.75) is 19.8 Å². The molecule has 3 rings (SSSR count).